The monoisotopic (exact) mass is 592 g/mol. The van der Waals surface area contributed by atoms with Gasteiger partial charge in [0.1, 0.15) is 5.75 Å². The number of carboxylic acid groups (broad SMARTS) is 1. The van der Waals surface area contributed by atoms with Crippen LogP contribution < -0.4 is 25.6 Å². The van der Waals surface area contributed by atoms with Crippen LogP contribution in [0.15, 0.2) is 97.1 Å². The Hall–Kier alpha value is -5.64. The number of aliphatic carboxylic acids is 1. The number of hydrogen-bond donors (Lipinski definition) is 4. The van der Waals surface area contributed by atoms with E-state index in [1.54, 1.807) is 77.7 Å². The molecule has 1 heterocycles. The van der Waals surface area contributed by atoms with Gasteiger partial charge >= 0.3 is 12.0 Å². The number of anilines is 3. The molecule has 1 aliphatic rings. The summed E-state index contributed by atoms with van der Waals surface area (Å²) < 4.78 is 5.51. The SMILES string of the molecule is COc1cc(CC(=O)Nc2cccc(C(CC(=O)O)NC(=O)c3ccccc3)c2)ccc1NC(=O)N1CCc2ccccc21. The minimum Gasteiger partial charge on any atom is -0.495 e. The fourth-order valence-corrected chi connectivity index (χ4v) is 5.16. The van der Waals surface area contributed by atoms with Crippen molar-refractivity contribution in [3.8, 4) is 5.75 Å². The predicted octanol–water partition coefficient (Wildman–Crippen LogP) is 5.42. The molecular weight excluding hydrogens is 560 g/mol. The summed E-state index contributed by atoms with van der Waals surface area (Å²) >= 11 is 0. The average molecular weight is 593 g/mol. The number of nitrogens with zero attached hydrogens (tertiary/aromatic N) is 1. The molecule has 224 valence electrons. The van der Waals surface area contributed by atoms with Crippen LogP contribution in [0.4, 0.5) is 21.9 Å². The molecule has 0 bridgehead atoms. The molecule has 0 spiro atoms. The number of fused-ring (bicyclic) bond motifs is 1. The second-order valence-electron chi connectivity index (χ2n) is 10.3. The van der Waals surface area contributed by atoms with Gasteiger partial charge in [-0.1, -0.05) is 54.6 Å². The van der Waals surface area contributed by atoms with Crippen LogP contribution in [0.1, 0.15) is 39.5 Å². The van der Waals surface area contributed by atoms with Crippen molar-refractivity contribution in [3.05, 3.63) is 119 Å². The molecule has 10 nitrogen and oxygen atoms in total. The van der Waals surface area contributed by atoms with Gasteiger partial charge < -0.3 is 25.8 Å². The molecule has 4 N–H and O–H groups in total. The van der Waals surface area contributed by atoms with Crippen molar-refractivity contribution in [2.45, 2.75) is 25.3 Å². The molecule has 4 aromatic rings. The first-order valence-corrected chi connectivity index (χ1v) is 14.1. The third-order valence-electron chi connectivity index (χ3n) is 7.30. The third kappa shape index (κ3) is 7.22. The van der Waals surface area contributed by atoms with Crippen molar-refractivity contribution in [3.63, 3.8) is 0 Å². The molecule has 0 aliphatic carbocycles. The molecule has 0 saturated carbocycles. The summed E-state index contributed by atoms with van der Waals surface area (Å²) in [7, 11) is 1.50. The van der Waals surface area contributed by atoms with E-state index in [2.05, 4.69) is 16.0 Å². The molecule has 0 aromatic heterocycles. The van der Waals surface area contributed by atoms with Crippen LogP contribution in [0.2, 0.25) is 0 Å². The van der Waals surface area contributed by atoms with Gasteiger partial charge in [-0.3, -0.25) is 19.3 Å². The Balaban J connectivity index is 1.23. The number of amides is 4. The van der Waals surface area contributed by atoms with Crippen LogP contribution in [-0.2, 0) is 22.4 Å². The Bertz CT molecular complexity index is 1690. The number of urea groups is 1. The van der Waals surface area contributed by atoms with E-state index in [0.29, 0.717) is 40.4 Å². The molecule has 4 aromatic carbocycles. The fraction of sp³-hybridized carbons (Fsp3) is 0.176. The first-order valence-electron chi connectivity index (χ1n) is 14.1. The van der Waals surface area contributed by atoms with Crippen molar-refractivity contribution < 1.29 is 29.0 Å². The summed E-state index contributed by atoms with van der Waals surface area (Å²) in [6, 6.07) is 27.1. The molecule has 0 fully saturated rings. The Kier molecular flexibility index (Phi) is 9.19. The fourth-order valence-electron chi connectivity index (χ4n) is 5.16. The first kappa shape index (κ1) is 29.8. The largest absolute Gasteiger partial charge is 0.495 e. The van der Waals surface area contributed by atoms with E-state index < -0.39 is 17.9 Å². The Morgan fingerprint density at radius 1 is 0.886 bits per heavy atom. The van der Waals surface area contributed by atoms with Gasteiger partial charge in [0.15, 0.2) is 0 Å². The second-order valence-corrected chi connectivity index (χ2v) is 10.3. The van der Waals surface area contributed by atoms with E-state index in [1.165, 1.54) is 7.11 Å². The molecule has 0 saturated heterocycles. The highest BCUT2D eigenvalue weighted by atomic mass is 16.5. The number of rotatable bonds is 10. The van der Waals surface area contributed by atoms with Crippen LogP contribution in [0.3, 0.4) is 0 Å². The number of methoxy groups -OCH3 is 1. The smallest absolute Gasteiger partial charge is 0.326 e. The van der Waals surface area contributed by atoms with Crippen LogP contribution >= 0.6 is 0 Å². The molecule has 0 radical (unpaired) electrons. The van der Waals surface area contributed by atoms with E-state index in [1.807, 2.05) is 24.3 Å². The summed E-state index contributed by atoms with van der Waals surface area (Å²) in [6.07, 6.45) is 0.487. The molecule has 44 heavy (non-hydrogen) atoms. The summed E-state index contributed by atoms with van der Waals surface area (Å²) in [5.41, 5.74) is 4.56. The van der Waals surface area contributed by atoms with Gasteiger partial charge in [-0.25, -0.2) is 4.79 Å². The number of ether oxygens (including phenoxy) is 1. The topological polar surface area (TPSA) is 137 Å². The lowest BCUT2D eigenvalue weighted by Crippen LogP contribution is -2.33. The maximum absolute atomic E-state index is 13.0. The minimum absolute atomic E-state index is 0.0254. The van der Waals surface area contributed by atoms with Crippen LogP contribution in [0.5, 0.6) is 5.75 Å². The molecule has 1 atom stereocenters. The zero-order valence-electron chi connectivity index (χ0n) is 24.1. The molecule has 10 heteroatoms. The van der Waals surface area contributed by atoms with Crippen molar-refractivity contribution in [2.24, 2.45) is 0 Å². The molecule has 1 unspecified atom stereocenters. The second kappa shape index (κ2) is 13.6. The molecule has 4 amide bonds. The number of carboxylic acids is 1. The van der Waals surface area contributed by atoms with Gasteiger partial charge in [0, 0.05) is 23.5 Å². The molecule has 5 rings (SSSR count). The number of para-hydroxylation sites is 1. The van der Waals surface area contributed by atoms with Gasteiger partial charge in [-0.15, -0.1) is 0 Å². The normalized spacial score (nSPS) is 12.5. The van der Waals surface area contributed by atoms with E-state index in [9.17, 15) is 24.3 Å². The maximum atomic E-state index is 13.0. The van der Waals surface area contributed by atoms with E-state index in [-0.39, 0.29) is 24.8 Å². The van der Waals surface area contributed by atoms with Crippen molar-refractivity contribution in [1.29, 1.82) is 0 Å². The lowest BCUT2D eigenvalue weighted by molar-refractivity contribution is -0.137. The highest BCUT2D eigenvalue weighted by Crippen LogP contribution is 2.31. The maximum Gasteiger partial charge on any atom is 0.326 e. The zero-order chi connectivity index (χ0) is 31.1. The molecular formula is C34H32N4O6. The Morgan fingerprint density at radius 3 is 2.43 bits per heavy atom. The summed E-state index contributed by atoms with van der Waals surface area (Å²) in [6.45, 7) is 0.587. The van der Waals surface area contributed by atoms with Crippen LogP contribution in [0.25, 0.3) is 0 Å². The highest BCUT2D eigenvalue weighted by Gasteiger charge is 2.25. The van der Waals surface area contributed by atoms with Crippen LogP contribution in [-0.4, -0.2) is 42.6 Å². The lowest BCUT2D eigenvalue weighted by atomic mass is 10.0. The Labute approximate surface area is 254 Å². The van der Waals surface area contributed by atoms with Gasteiger partial charge in [-0.2, -0.15) is 0 Å². The summed E-state index contributed by atoms with van der Waals surface area (Å²) in [4.78, 5) is 52.0. The van der Waals surface area contributed by atoms with Crippen molar-refractivity contribution >= 4 is 40.9 Å². The van der Waals surface area contributed by atoms with Gasteiger partial charge in [0.25, 0.3) is 5.91 Å². The quantitative estimate of drug-likeness (QED) is 0.194. The summed E-state index contributed by atoms with van der Waals surface area (Å²) in [5.74, 6) is -1.36. The van der Waals surface area contributed by atoms with E-state index >= 15 is 0 Å². The van der Waals surface area contributed by atoms with Gasteiger partial charge in [0.05, 0.1) is 31.7 Å². The number of carbonyl (C=O) groups excluding carboxylic acids is 3. The average Bonchev–Trinajstić information content (AvgIpc) is 3.46. The van der Waals surface area contributed by atoms with Crippen LogP contribution in [0, 0.1) is 0 Å². The minimum atomic E-state index is -1.07. The number of nitrogens with one attached hydrogen (secondary N) is 3. The number of hydrogen-bond acceptors (Lipinski definition) is 5. The van der Waals surface area contributed by atoms with Crippen molar-refractivity contribution in [1.82, 2.24) is 5.32 Å². The van der Waals surface area contributed by atoms with Crippen molar-refractivity contribution in [2.75, 3.05) is 29.2 Å². The predicted molar refractivity (Wildman–Crippen MR) is 167 cm³/mol. The highest BCUT2D eigenvalue weighted by molar-refractivity contribution is 6.04. The zero-order valence-corrected chi connectivity index (χ0v) is 24.1. The third-order valence-corrected chi connectivity index (χ3v) is 7.30. The summed E-state index contributed by atoms with van der Waals surface area (Å²) in [5, 5.41) is 18.0. The number of benzene rings is 4. The van der Waals surface area contributed by atoms with E-state index in [0.717, 1.165) is 17.7 Å². The standard InChI is InChI=1S/C34H32N4O6/c1-44-30-18-22(14-15-27(30)37-34(43)38-17-16-23-8-5-6-13-29(23)38)19-31(39)35-26-12-7-11-25(20-26)28(21-32(40)41)36-33(42)24-9-3-2-4-10-24/h2-15,18,20,28H,16-17,19,21H2,1H3,(H,35,39)(H,36,42)(H,37,43)(H,40,41). The van der Waals surface area contributed by atoms with Gasteiger partial charge in [0.2, 0.25) is 5.91 Å². The van der Waals surface area contributed by atoms with E-state index in [4.69, 9.17) is 4.74 Å². The number of carbonyl (C=O) groups is 4. The first-order chi connectivity index (χ1) is 21.3. The molecule has 1 aliphatic heterocycles. The lowest BCUT2D eigenvalue weighted by Gasteiger charge is -2.19. The Morgan fingerprint density at radius 2 is 1.66 bits per heavy atom. The van der Waals surface area contributed by atoms with Gasteiger partial charge in [-0.05, 0) is 65.6 Å².